The molecule has 0 aromatic heterocycles. The highest BCUT2D eigenvalue weighted by atomic mass is 32.4. The molecular formula is C34H67F3N6O3P2S2. The molecule has 50 heavy (non-hydrogen) atoms. The van der Waals surface area contributed by atoms with Gasteiger partial charge in [0.25, 0.3) is 7.71 Å². The van der Waals surface area contributed by atoms with Crippen LogP contribution in [-0.2, 0) is 21.9 Å². The zero-order valence-corrected chi connectivity index (χ0v) is 37.0. The van der Waals surface area contributed by atoms with E-state index in [9.17, 15) is 13.2 Å². The minimum absolute atomic E-state index is 0.340. The molecule has 4 atom stereocenters. The molecule has 3 rings (SSSR count). The second-order valence-electron chi connectivity index (χ2n) is 16.3. The Bertz CT molecular complexity index is 1300. The maximum absolute atomic E-state index is 10.7. The predicted molar refractivity (Wildman–Crippen MR) is 209 cm³/mol. The lowest BCUT2D eigenvalue weighted by atomic mass is 9.91. The molecule has 2 bridgehead atoms. The maximum Gasteiger partial charge on any atom is 0.485 e. The van der Waals surface area contributed by atoms with E-state index in [4.69, 9.17) is 29.9 Å². The zero-order chi connectivity index (χ0) is 39.2. The average molecular weight is 791 g/mol. The lowest BCUT2D eigenvalue weighted by Crippen LogP contribution is -2.54. The minimum atomic E-state index is -6.09. The Morgan fingerprint density at radius 1 is 0.760 bits per heavy atom. The SMILES string of the molecule is CC(C)N(C(C)C)P(=S)(C1=NN([P+](C)(N(C(C)C)C(C)C)N(C(C)C)C(C)C)[C@@H]2[C@H]1[C@H]1C=C[C@@H]2C1)N(C(C)C)C(C)C.O=S(=O)([O-])C(F)(F)F. The Morgan fingerprint density at radius 3 is 1.36 bits per heavy atom. The van der Waals surface area contributed by atoms with Gasteiger partial charge in [-0.2, -0.15) is 13.2 Å². The van der Waals surface area contributed by atoms with Crippen LogP contribution in [-0.4, -0.2) is 108 Å². The van der Waals surface area contributed by atoms with E-state index in [-0.39, 0.29) is 0 Å². The number of halogens is 3. The van der Waals surface area contributed by atoms with Crippen molar-refractivity contribution in [1.82, 2.24) is 23.5 Å². The van der Waals surface area contributed by atoms with Gasteiger partial charge in [0.2, 0.25) is 0 Å². The van der Waals surface area contributed by atoms with Gasteiger partial charge in [-0.25, -0.2) is 8.42 Å². The van der Waals surface area contributed by atoms with Crippen LogP contribution in [0.15, 0.2) is 17.3 Å². The minimum Gasteiger partial charge on any atom is -0.741 e. The van der Waals surface area contributed by atoms with Crippen molar-refractivity contribution in [2.75, 3.05) is 6.66 Å². The number of rotatable bonds is 14. The molecular weight excluding hydrogens is 723 g/mol. The first kappa shape index (κ1) is 46.0. The van der Waals surface area contributed by atoms with Gasteiger partial charge in [-0.15, -0.1) is 19.2 Å². The fourth-order valence-electron chi connectivity index (χ4n) is 9.36. The Labute approximate surface area is 308 Å². The molecule has 0 radical (unpaired) electrons. The average Bonchev–Trinajstić information content (AvgIpc) is 3.59. The summed E-state index contributed by atoms with van der Waals surface area (Å²) in [6, 6.07) is 3.36. The van der Waals surface area contributed by atoms with Crippen molar-refractivity contribution in [1.29, 1.82) is 0 Å². The van der Waals surface area contributed by atoms with Crippen molar-refractivity contribution in [3.05, 3.63) is 12.2 Å². The van der Waals surface area contributed by atoms with Crippen LogP contribution < -0.4 is 0 Å². The van der Waals surface area contributed by atoms with Crippen LogP contribution in [0.4, 0.5) is 13.2 Å². The lowest BCUT2D eigenvalue weighted by Gasteiger charge is -2.51. The highest BCUT2D eigenvalue weighted by molar-refractivity contribution is 8.20. The third-order valence-corrected chi connectivity index (χ3v) is 21.0. The molecule has 0 unspecified atom stereocenters. The van der Waals surface area contributed by atoms with E-state index >= 15 is 0 Å². The molecule has 2 aliphatic carbocycles. The van der Waals surface area contributed by atoms with E-state index in [0.29, 0.717) is 72.1 Å². The normalized spacial score (nSPS) is 23.2. The van der Waals surface area contributed by atoms with E-state index in [1.165, 1.54) is 11.9 Å². The monoisotopic (exact) mass is 790 g/mol. The Hall–Kier alpha value is -0.170. The summed E-state index contributed by atoms with van der Waals surface area (Å²) >= 11 is 7.23. The fraction of sp³-hybridized carbons (Fsp3) is 0.912. The van der Waals surface area contributed by atoms with E-state index in [1.54, 1.807) is 0 Å². The lowest BCUT2D eigenvalue weighted by molar-refractivity contribution is -0.0517. The molecule has 0 aromatic rings. The third kappa shape index (κ3) is 8.70. The summed E-state index contributed by atoms with van der Waals surface area (Å²) in [5.74, 6) is 1.44. The van der Waals surface area contributed by atoms with Crippen molar-refractivity contribution < 1.29 is 26.1 Å². The highest BCUT2D eigenvalue weighted by Gasteiger charge is 2.68. The summed E-state index contributed by atoms with van der Waals surface area (Å²) in [6.07, 6.45) is 3.87. The van der Waals surface area contributed by atoms with Crippen LogP contribution in [0, 0.1) is 17.8 Å². The number of alkyl halides is 3. The molecule has 1 heterocycles. The van der Waals surface area contributed by atoms with E-state index in [1.807, 2.05) is 0 Å². The van der Waals surface area contributed by atoms with Crippen molar-refractivity contribution in [3.63, 3.8) is 0 Å². The van der Waals surface area contributed by atoms with Gasteiger partial charge in [-0.05, 0) is 123 Å². The molecule has 0 N–H and O–H groups in total. The number of allylic oxidation sites excluding steroid dienone is 1. The van der Waals surface area contributed by atoms with E-state index in [0.717, 1.165) is 0 Å². The summed E-state index contributed by atoms with van der Waals surface area (Å²) in [6.45, 7) is 40.5. The molecule has 1 fully saturated rings. The van der Waals surface area contributed by atoms with Gasteiger partial charge in [0.1, 0.15) is 24.5 Å². The van der Waals surface area contributed by atoms with Gasteiger partial charge in [0.05, 0.1) is 0 Å². The predicted octanol–water partition coefficient (Wildman–Crippen LogP) is 9.03. The smallest absolute Gasteiger partial charge is 0.485 e. The van der Waals surface area contributed by atoms with Gasteiger partial charge in [0, 0.05) is 60.2 Å². The zero-order valence-electron chi connectivity index (χ0n) is 33.5. The molecule has 3 aliphatic rings. The van der Waals surface area contributed by atoms with E-state index < -0.39 is 29.7 Å². The summed E-state index contributed by atoms with van der Waals surface area (Å²) in [5, 5.41) is 6.04. The Balaban J connectivity index is 0.000000963. The van der Waals surface area contributed by atoms with Gasteiger partial charge in [0.15, 0.2) is 10.1 Å². The molecule has 9 nitrogen and oxygen atoms in total. The quantitative estimate of drug-likeness (QED) is 0.0741. The number of hydrazone groups is 1. The fourth-order valence-corrected chi connectivity index (χ4v) is 21.6. The van der Waals surface area contributed by atoms with Gasteiger partial charge in [-0.3, -0.25) is 9.34 Å². The first-order chi connectivity index (χ1) is 22.5. The first-order valence-electron chi connectivity index (χ1n) is 18.2. The molecule has 0 saturated heterocycles. The third-order valence-electron chi connectivity index (χ3n) is 9.89. The van der Waals surface area contributed by atoms with Crippen LogP contribution in [0.3, 0.4) is 0 Å². The molecule has 16 heteroatoms. The highest BCUT2D eigenvalue weighted by Crippen LogP contribution is 2.75. The maximum atomic E-state index is 10.7. The number of hydrogen-bond donors (Lipinski definition) is 0. The topological polar surface area (TPSA) is 85.8 Å². The van der Waals surface area contributed by atoms with E-state index in [2.05, 4.69) is 153 Å². The summed E-state index contributed by atoms with van der Waals surface area (Å²) < 4.78 is 72.7. The van der Waals surface area contributed by atoms with Crippen LogP contribution in [0.25, 0.3) is 0 Å². The molecule has 0 amide bonds. The van der Waals surface area contributed by atoms with Crippen LogP contribution >= 0.6 is 14.1 Å². The van der Waals surface area contributed by atoms with Gasteiger partial charge in [-0.1, -0.05) is 24.0 Å². The molecule has 0 aromatic carbocycles. The molecule has 1 aliphatic heterocycles. The summed E-state index contributed by atoms with van der Waals surface area (Å²) in [4.78, 5) is 0. The number of fused-ring (bicyclic) bond motifs is 5. The van der Waals surface area contributed by atoms with Gasteiger partial charge < -0.3 is 4.55 Å². The van der Waals surface area contributed by atoms with Crippen molar-refractivity contribution >= 4 is 41.4 Å². The Morgan fingerprint density at radius 2 is 1.08 bits per heavy atom. The van der Waals surface area contributed by atoms with Crippen LogP contribution in [0.5, 0.6) is 0 Å². The molecule has 294 valence electrons. The van der Waals surface area contributed by atoms with Crippen molar-refractivity contribution in [2.24, 2.45) is 22.9 Å². The Kier molecular flexibility index (Phi) is 15.3. The summed E-state index contributed by atoms with van der Waals surface area (Å²) in [5.41, 5.74) is -4.30. The molecule has 0 spiro atoms. The van der Waals surface area contributed by atoms with Crippen LogP contribution in [0.2, 0.25) is 0 Å². The summed E-state index contributed by atoms with van der Waals surface area (Å²) in [7, 11) is -8.20. The van der Waals surface area contributed by atoms with Gasteiger partial charge >= 0.3 is 5.51 Å². The van der Waals surface area contributed by atoms with Crippen molar-refractivity contribution in [2.45, 2.75) is 177 Å². The number of hydrogen-bond acceptors (Lipinski definition) is 8. The second kappa shape index (κ2) is 16.7. The van der Waals surface area contributed by atoms with Crippen LogP contribution in [0.1, 0.15) is 117 Å². The molecule has 1 saturated carbocycles. The first-order valence-corrected chi connectivity index (χ1v) is 24.4. The van der Waals surface area contributed by atoms with Crippen molar-refractivity contribution in [3.8, 4) is 0 Å². The largest absolute Gasteiger partial charge is 0.741 e. The second-order valence-corrected chi connectivity index (χ2v) is 24.8. The standard InChI is InChI=1S/C33H67N6P2S.CHF3O3S/c1-21(2)35(22(3)4)40(17,36(23(5)6)24(7)8)39-32-30-19-18-29(20-30)31(32)33(34-39)41(42,37(25(9)10)26(11)12)38(27(13)14)28(15)16;2-1(3,4)8(5,6)7/h18-19,21-32H,20H2,1-17H3;(H,5,6,7)/q+1;/p-1/t29-,30+,31+,32-;/m0./s1. The number of nitrogens with zero attached hydrogens (tertiary/aromatic N) is 6.